The fraction of sp³-hybridized carbons (Fsp3) is 0.778. The largest absolute Gasteiger partial charge is 0.469 e. The van der Waals surface area contributed by atoms with Gasteiger partial charge in [0.05, 0.1) is 25.0 Å². The second kappa shape index (κ2) is 5.84. The van der Waals surface area contributed by atoms with Gasteiger partial charge in [-0.2, -0.15) is 5.26 Å². The molecule has 0 unspecified atom stereocenters. The minimum Gasteiger partial charge on any atom is -0.469 e. The van der Waals surface area contributed by atoms with E-state index in [1.165, 1.54) is 7.11 Å². The molecule has 0 aromatic heterocycles. The van der Waals surface area contributed by atoms with E-state index in [1.54, 1.807) is 0 Å². The van der Waals surface area contributed by atoms with Crippen LogP contribution in [-0.2, 0) is 9.53 Å². The van der Waals surface area contributed by atoms with E-state index in [-0.39, 0.29) is 24.8 Å². The van der Waals surface area contributed by atoms with Gasteiger partial charge in [-0.1, -0.05) is 0 Å². The Hall–Kier alpha value is -0.790. The molecule has 1 aliphatic heterocycles. The van der Waals surface area contributed by atoms with Crippen molar-refractivity contribution >= 4 is 18.4 Å². The number of hydrogen-bond acceptors (Lipinski definition) is 4. The van der Waals surface area contributed by atoms with E-state index in [0.717, 1.165) is 13.1 Å². The van der Waals surface area contributed by atoms with Crippen molar-refractivity contribution < 1.29 is 9.53 Å². The number of piperidine rings is 1. The number of carbonyl (C=O) groups excluding carboxylic acids is 1. The van der Waals surface area contributed by atoms with E-state index in [0.29, 0.717) is 12.8 Å². The molecule has 4 nitrogen and oxygen atoms in total. The first-order valence-corrected chi connectivity index (χ1v) is 4.41. The summed E-state index contributed by atoms with van der Waals surface area (Å²) in [7, 11) is 1.38. The van der Waals surface area contributed by atoms with Crippen molar-refractivity contribution in [2.75, 3.05) is 20.2 Å². The summed E-state index contributed by atoms with van der Waals surface area (Å²) in [6.45, 7) is 1.58. The van der Waals surface area contributed by atoms with Crippen LogP contribution >= 0.6 is 12.4 Å². The maximum atomic E-state index is 11.5. The maximum absolute atomic E-state index is 11.5. The van der Waals surface area contributed by atoms with Gasteiger partial charge in [0.1, 0.15) is 0 Å². The molecule has 0 atom stereocenters. The lowest BCUT2D eigenvalue weighted by Gasteiger charge is -2.32. The monoisotopic (exact) mass is 218 g/mol. The van der Waals surface area contributed by atoms with Crippen molar-refractivity contribution in [1.29, 1.82) is 5.26 Å². The number of halogens is 1. The minimum absolute atomic E-state index is 0. The Bertz CT molecular complexity index is 231. The Morgan fingerprint density at radius 3 is 2.57 bits per heavy atom. The van der Waals surface area contributed by atoms with E-state index < -0.39 is 5.41 Å². The SMILES string of the molecule is COC(=O)C1(CC#N)CCNCC1.Cl. The Morgan fingerprint density at radius 1 is 1.57 bits per heavy atom. The molecule has 0 saturated carbocycles. The standard InChI is InChI=1S/C9H14N2O2.ClH/c1-13-8(12)9(2-5-10)3-6-11-7-4-9;/h11H,2-4,6-7H2,1H3;1H. The third-order valence-corrected chi connectivity index (χ3v) is 2.60. The quantitative estimate of drug-likeness (QED) is 0.699. The number of ether oxygens (including phenoxy) is 1. The van der Waals surface area contributed by atoms with Gasteiger partial charge < -0.3 is 10.1 Å². The van der Waals surface area contributed by atoms with Crippen molar-refractivity contribution in [3.63, 3.8) is 0 Å². The van der Waals surface area contributed by atoms with Crippen molar-refractivity contribution in [2.24, 2.45) is 5.41 Å². The number of nitrogens with zero attached hydrogens (tertiary/aromatic N) is 1. The van der Waals surface area contributed by atoms with Crippen molar-refractivity contribution in [2.45, 2.75) is 19.3 Å². The number of carbonyl (C=O) groups is 1. The van der Waals surface area contributed by atoms with Crippen molar-refractivity contribution in [3.05, 3.63) is 0 Å². The van der Waals surface area contributed by atoms with E-state index in [4.69, 9.17) is 10.00 Å². The highest BCUT2D eigenvalue weighted by Crippen LogP contribution is 2.33. The first-order valence-electron chi connectivity index (χ1n) is 4.41. The lowest BCUT2D eigenvalue weighted by atomic mass is 9.76. The van der Waals surface area contributed by atoms with Crippen LogP contribution in [0.25, 0.3) is 0 Å². The van der Waals surface area contributed by atoms with Gasteiger partial charge in [0, 0.05) is 0 Å². The Kier molecular flexibility index (Phi) is 5.51. The summed E-state index contributed by atoms with van der Waals surface area (Å²) in [5, 5.41) is 11.8. The topological polar surface area (TPSA) is 62.1 Å². The minimum atomic E-state index is -0.547. The molecule has 0 bridgehead atoms. The van der Waals surface area contributed by atoms with Crippen molar-refractivity contribution in [1.82, 2.24) is 5.32 Å². The lowest BCUT2D eigenvalue weighted by molar-refractivity contribution is -0.154. The molecule has 1 heterocycles. The van der Waals surface area contributed by atoms with Crippen LogP contribution in [0.15, 0.2) is 0 Å². The first-order chi connectivity index (χ1) is 6.25. The molecule has 0 aromatic carbocycles. The zero-order valence-electron chi connectivity index (χ0n) is 8.21. The summed E-state index contributed by atoms with van der Waals surface area (Å²) >= 11 is 0. The Morgan fingerprint density at radius 2 is 2.14 bits per heavy atom. The average molecular weight is 219 g/mol. The summed E-state index contributed by atoms with van der Waals surface area (Å²) in [6, 6.07) is 2.06. The van der Waals surface area contributed by atoms with Crippen LogP contribution in [0.3, 0.4) is 0 Å². The summed E-state index contributed by atoms with van der Waals surface area (Å²) in [5.41, 5.74) is -0.547. The zero-order chi connectivity index (χ0) is 9.73. The van der Waals surface area contributed by atoms with Crippen LogP contribution in [0, 0.1) is 16.7 Å². The molecule has 0 aliphatic carbocycles. The van der Waals surface area contributed by atoms with Gasteiger partial charge in [-0.05, 0) is 25.9 Å². The predicted octanol–water partition coefficient (Wildman–Crippen LogP) is 0.865. The third kappa shape index (κ3) is 2.60. The number of esters is 1. The molecule has 14 heavy (non-hydrogen) atoms. The van der Waals surface area contributed by atoms with Crippen LogP contribution in [0.5, 0.6) is 0 Å². The van der Waals surface area contributed by atoms with Gasteiger partial charge in [0.25, 0.3) is 0 Å². The van der Waals surface area contributed by atoms with Crippen LogP contribution in [0.2, 0.25) is 0 Å². The second-order valence-electron chi connectivity index (χ2n) is 3.36. The normalized spacial score (nSPS) is 18.9. The van der Waals surface area contributed by atoms with Crippen LogP contribution < -0.4 is 5.32 Å². The van der Waals surface area contributed by atoms with Crippen LogP contribution in [0.1, 0.15) is 19.3 Å². The number of methoxy groups -OCH3 is 1. The van der Waals surface area contributed by atoms with Gasteiger partial charge >= 0.3 is 5.97 Å². The molecule has 1 aliphatic rings. The van der Waals surface area contributed by atoms with E-state index in [9.17, 15) is 4.79 Å². The molecule has 0 spiro atoms. The second-order valence-corrected chi connectivity index (χ2v) is 3.36. The first kappa shape index (κ1) is 13.2. The van der Waals surface area contributed by atoms with Gasteiger partial charge in [0.15, 0.2) is 0 Å². The zero-order valence-corrected chi connectivity index (χ0v) is 9.02. The molecule has 1 N–H and O–H groups in total. The molecule has 0 radical (unpaired) electrons. The van der Waals surface area contributed by atoms with E-state index in [2.05, 4.69) is 11.4 Å². The fourth-order valence-corrected chi connectivity index (χ4v) is 1.73. The van der Waals surface area contributed by atoms with Gasteiger partial charge in [0.2, 0.25) is 0 Å². The van der Waals surface area contributed by atoms with Crippen LogP contribution in [-0.4, -0.2) is 26.2 Å². The third-order valence-electron chi connectivity index (χ3n) is 2.60. The molecular formula is C9H15ClN2O2. The molecule has 80 valence electrons. The Labute approximate surface area is 90.0 Å². The number of nitrogens with one attached hydrogen (secondary N) is 1. The highest BCUT2D eigenvalue weighted by Gasteiger charge is 2.40. The predicted molar refractivity (Wildman–Crippen MR) is 54.0 cm³/mol. The average Bonchev–Trinajstić information content (AvgIpc) is 2.18. The summed E-state index contributed by atoms with van der Waals surface area (Å²) in [4.78, 5) is 11.5. The lowest BCUT2D eigenvalue weighted by Crippen LogP contribution is -2.42. The molecule has 0 aromatic rings. The summed E-state index contributed by atoms with van der Waals surface area (Å²) < 4.78 is 4.73. The fourth-order valence-electron chi connectivity index (χ4n) is 1.73. The number of nitriles is 1. The van der Waals surface area contributed by atoms with E-state index >= 15 is 0 Å². The summed E-state index contributed by atoms with van der Waals surface area (Å²) in [6.07, 6.45) is 1.67. The Balaban J connectivity index is 0.00000169. The smallest absolute Gasteiger partial charge is 0.312 e. The molecular weight excluding hydrogens is 204 g/mol. The highest BCUT2D eigenvalue weighted by molar-refractivity contribution is 5.85. The molecule has 5 heteroatoms. The highest BCUT2D eigenvalue weighted by atomic mass is 35.5. The summed E-state index contributed by atoms with van der Waals surface area (Å²) in [5.74, 6) is -0.240. The van der Waals surface area contributed by atoms with Gasteiger partial charge in [-0.3, -0.25) is 4.79 Å². The van der Waals surface area contributed by atoms with Gasteiger partial charge in [-0.15, -0.1) is 12.4 Å². The molecule has 1 fully saturated rings. The number of rotatable bonds is 2. The van der Waals surface area contributed by atoms with Gasteiger partial charge in [-0.25, -0.2) is 0 Å². The van der Waals surface area contributed by atoms with Crippen molar-refractivity contribution in [3.8, 4) is 6.07 Å². The van der Waals surface area contributed by atoms with E-state index in [1.807, 2.05) is 0 Å². The molecule has 1 rings (SSSR count). The molecule has 0 amide bonds. The van der Waals surface area contributed by atoms with Crippen LogP contribution in [0.4, 0.5) is 0 Å². The maximum Gasteiger partial charge on any atom is 0.312 e. The number of hydrogen-bond donors (Lipinski definition) is 1. The molecule has 1 saturated heterocycles.